The molecule has 2 aromatic rings. The second kappa shape index (κ2) is 5.73. The third-order valence-electron chi connectivity index (χ3n) is 2.58. The van der Waals surface area contributed by atoms with Gasteiger partial charge < -0.3 is 10.6 Å². The van der Waals surface area contributed by atoms with Crippen LogP contribution < -0.4 is 10.6 Å². The third-order valence-corrected chi connectivity index (χ3v) is 3.11. The Labute approximate surface area is 110 Å². The van der Waals surface area contributed by atoms with E-state index in [2.05, 4.69) is 63.0 Å². The minimum Gasteiger partial charge on any atom is -0.388 e. The van der Waals surface area contributed by atoms with Gasteiger partial charge in [0, 0.05) is 29.4 Å². The zero-order chi connectivity index (χ0) is 12.1. The quantitative estimate of drug-likeness (QED) is 0.886. The topological polar surface area (TPSA) is 24.1 Å². The number of halogens is 1. The maximum Gasteiger partial charge on any atom is 0.0400 e. The van der Waals surface area contributed by atoms with E-state index in [0.717, 1.165) is 22.4 Å². The highest BCUT2D eigenvalue weighted by molar-refractivity contribution is 9.10. The van der Waals surface area contributed by atoms with Crippen LogP contribution in [-0.4, -0.2) is 7.05 Å². The molecule has 0 amide bonds. The molecule has 0 heterocycles. The standard InChI is InChI=1S/C14H15BrN2/c1-16-13-6-2-11(3-7-13)10-17-14-8-4-12(15)5-9-14/h2-9,16-17H,10H2,1H3. The molecule has 2 nitrogen and oxygen atoms in total. The number of benzene rings is 2. The van der Waals surface area contributed by atoms with Crippen molar-refractivity contribution >= 4 is 27.3 Å². The molecule has 0 fully saturated rings. The van der Waals surface area contributed by atoms with E-state index in [-0.39, 0.29) is 0 Å². The van der Waals surface area contributed by atoms with E-state index in [0.29, 0.717) is 0 Å². The van der Waals surface area contributed by atoms with Crippen molar-refractivity contribution < 1.29 is 0 Å². The Balaban J connectivity index is 1.95. The molecule has 0 radical (unpaired) electrons. The first-order valence-electron chi connectivity index (χ1n) is 5.54. The van der Waals surface area contributed by atoms with E-state index < -0.39 is 0 Å². The zero-order valence-corrected chi connectivity index (χ0v) is 11.3. The summed E-state index contributed by atoms with van der Waals surface area (Å²) in [6.45, 7) is 0.839. The molecule has 88 valence electrons. The third kappa shape index (κ3) is 3.49. The Kier molecular flexibility index (Phi) is 4.04. The Morgan fingerprint density at radius 3 is 2.06 bits per heavy atom. The lowest BCUT2D eigenvalue weighted by atomic mass is 10.2. The van der Waals surface area contributed by atoms with Gasteiger partial charge in [0.2, 0.25) is 0 Å². The van der Waals surface area contributed by atoms with Crippen LogP contribution >= 0.6 is 15.9 Å². The van der Waals surface area contributed by atoms with E-state index in [1.807, 2.05) is 19.2 Å². The Hall–Kier alpha value is -1.48. The highest BCUT2D eigenvalue weighted by atomic mass is 79.9. The molecule has 0 bridgehead atoms. The summed E-state index contributed by atoms with van der Waals surface area (Å²) in [5, 5.41) is 6.49. The number of hydrogen-bond donors (Lipinski definition) is 2. The zero-order valence-electron chi connectivity index (χ0n) is 9.70. The average molecular weight is 291 g/mol. The van der Waals surface area contributed by atoms with Crippen LogP contribution in [0.1, 0.15) is 5.56 Å². The summed E-state index contributed by atoms with van der Waals surface area (Å²) >= 11 is 3.42. The summed E-state index contributed by atoms with van der Waals surface area (Å²) in [7, 11) is 1.93. The molecule has 0 unspecified atom stereocenters. The lowest BCUT2D eigenvalue weighted by molar-refractivity contribution is 1.15. The van der Waals surface area contributed by atoms with Gasteiger partial charge in [0.25, 0.3) is 0 Å². The average Bonchev–Trinajstić information content (AvgIpc) is 2.39. The van der Waals surface area contributed by atoms with Crippen LogP contribution in [0.4, 0.5) is 11.4 Å². The number of nitrogens with one attached hydrogen (secondary N) is 2. The van der Waals surface area contributed by atoms with Gasteiger partial charge in [-0.3, -0.25) is 0 Å². The van der Waals surface area contributed by atoms with Crippen molar-refractivity contribution in [2.45, 2.75) is 6.54 Å². The van der Waals surface area contributed by atoms with Gasteiger partial charge in [-0.15, -0.1) is 0 Å². The van der Waals surface area contributed by atoms with Gasteiger partial charge in [0.15, 0.2) is 0 Å². The molecule has 0 aliphatic carbocycles. The first-order chi connectivity index (χ1) is 8.28. The number of rotatable bonds is 4. The molecule has 0 aliphatic rings. The molecule has 0 atom stereocenters. The molecule has 0 aromatic heterocycles. The van der Waals surface area contributed by atoms with Gasteiger partial charge in [-0.25, -0.2) is 0 Å². The molecular weight excluding hydrogens is 276 g/mol. The van der Waals surface area contributed by atoms with E-state index in [9.17, 15) is 0 Å². The van der Waals surface area contributed by atoms with Crippen molar-refractivity contribution in [3.05, 3.63) is 58.6 Å². The molecule has 0 spiro atoms. The SMILES string of the molecule is CNc1ccc(CNc2ccc(Br)cc2)cc1. The first kappa shape index (κ1) is 12.0. The molecule has 3 heteroatoms. The van der Waals surface area contributed by atoms with Crippen molar-refractivity contribution in [2.24, 2.45) is 0 Å². The van der Waals surface area contributed by atoms with E-state index >= 15 is 0 Å². The Bertz CT molecular complexity index is 463. The minimum absolute atomic E-state index is 0.839. The van der Waals surface area contributed by atoms with Crippen molar-refractivity contribution in [2.75, 3.05) is 17.7 Å². The van der Waals surface area contributed by atoms with Crippen LogP contribution in [0.3, 0.4) is 0 Å². The fourth-order valence-corrected chi connectivity index (χ4v) is 1.83. The van der Waals surface area contributed by atoms with Crippen molar-refractivity contribution in [3.63, 3.8) is 0 Å². The van der Waals surface area contributed by atoms with Gasteiger partial charge in [0.1, 0.15) is 0 Å². The smallest absolute Gasteiger partial charge is 0.0400 e. The second-order valence-corrected chi connectivity index (χ2v) is 4.72. The van der Waals surface area contributed by atoms with Crippen molar-refractivity contribution in [1.82, 2.24) is 0 Å². The summed E-state index contributed by atoms with van der Waals surface area (Å²) in [6, 6.07) is 16.6. The van der Waals surface area contributed by atoms with Crippen LogP contribution in [0.15, 0.2) is 53.0 Å². The largest absolute Gasteiger partial charge is 0.388 e. The van der Waals surface area contributed by atoms with Gasteiger partial charge in [0.05, 0.1) is 0 Å². The van der Waals surface area contributed by atoms with Crippen LogP contribution in [-0.2, 0) is 6.54 Å². The maximum absolute atomic E-state index is 3.42. The second-order valence-electron chi connectivity index (χ2n) is 3.81. The molecule has 0 saturated carbocycles. The first-order valence-corrected chi connectivity index (χ1v) is 6.33. The minimum atomic E-state index is 0.839. The molecule has 17 heavy (non-hydrogen) atoms. The molecule has 0 saturated heterocycles. The predicted molar refractivity (Wildman–Crippen MR) is 77.5 cm³/mol. The highest BCUT2D eigenvalue weighted by Gasteiger charge is 1.95. The predicted octanol–water partition coefficient (Wildman–Crippen LogP) is 4.10. The maximum atomic E-state index is 3.42. The number of hydrogen-bond acceptors (Lipinski definition) is 2. The lowest BCUT2D eigenvalue weighted by Crippen LogP contribution is -1.99. The van der Waals surface area contributed by atoms with Crippen LogP contribution in [0.2, 0.25) is 0 Å². The normalized spacial score (nSPS) is 10.0. The highest BCUT2D eigenvalue weighted by Crippen LogP contribution is 2.15. The van der Waals surface area contributed by atoms with Crippen LogP contribution in [0.25, 0.3) is 0 Å². The molecule has 2 aromatic carbocycles. The fraction of sp³-hybridized carbons (Fsp3) is 0.143. The Morgan fingerprint density at radius 2 is 1.47 bits per heavy atom. The fourth-order valence-electron chi connectivity index (χ4n) is 1.56. The summed E-state index contributed by atoms with van der Waals surface area (Å²) < 4.78 is 1.10. The summed E-state index contributed by atoms with van der Waals surface area (Å²) in [6.07, 6.45) is 0. The Morgan fingerprint density at radius 1 is 0.882 bits per heavy atom. The molecular formula is C14H15BrN2. The summed E-state index contributed by atoms with van der Waals surface area (Å²) in [4.78, 5) is 0. The van der Waals surface area contributed by atoms with E-state index in [1.54, 1.807) is 0 Å². The van der Waals surface area contributed by atoms with Gasteiger partial charge >= 0.3 is 0 Å². The molecule has 2 N–H and O–H groups in total. The monoisotopic (exact) mass is 290 g/mol. The number of anilines is 2. The van der Waals surface area contributed by atoms with Gasteiger partial charge in [-0.2, -0.15) is 0 Å². The molecule has 2 rings (SSSR count). The van der Waals surface area contributed by atoms with E-state index in [4.69, 9.17) is 0 Å². The van der Waals surface area contributed by atoms with Crippen molar-refractivity contribution in [3.8, 4) is 0 Å². The van der Waals surface area contributed by atoms with Crippen LogP contribution in [0.5, 0.6) is 0 Å². The molecule has 0 aliphatic heterocycles. The van der Waals surface area contributed by atoms with E-state index in [1.165, 1.54) is 5.56 Å². The lowest BCUT2D eigenvalue weighted by Gasteiger charge is -2.07. The summed E-state index contributed by atoms with van der Waals surface area (Å²) in [5.41, 5.74) is 3.54. The van der Waals surface area contributed by atoms with Gasteiger partial charge in [-0.1, -0.05) is 28.1 Å². The van der Waals surface area contributed by atoms with Crippen LogP contribution in [0, 0.1) is 0 Å². The summed E-state index contributed by atoms with van der Waals surface area (Å²) in [5.74, 6) is 0. The van der Waals surface area contributed by atoms with Gasteiger partial charge in [-0.05, 0) is 42.0 Å². The van der Waals surface area contributed by atoms with Crippen molar-refractivity contribution in [1.29, 1.82) is 0 Å².